The van der Waals surface area contributed by atoms with Crippen LogP contribution < -0.4 is 9.47 Å². The van der Waals surface area contributed by atoms with Crippen molar-refractivity contribution in [1.82, 2.24) is 0 Å². The molecule has 0 heterocycles. The minimum atomic E-state index is -3.69. The molecule has 284 valence electrons. The van der Waals surface area contributed by atoms with Crippen LogP contribution in [0.4, 0.5) is 0 Å². The summed E-state index contributed by atoms with van der Waals surface area (Å²) in [7, 11) is -7.37. The summed E-state index contributed by atoms with van der Waals surface area (Å²) in [5, 5.41) is 0.952. The zero-order valence-corrected chi connectivity index (χ0v) is 33.4. The molecule has 6 aromatic rings. The van der Waals surface area contributed by atoms with Gasteiger partial charge in [0.15, 0.2) is 0 Å². The van der Waals surface area contributed by atoms with Crippen LogP contribution in [0.1, 0.15) is 43.2 Å². The van der Waals surface area contributed by atoms with Gasteiger partial charge < -0.3 is 9.47 Å². The lowest BCUT2D eigenvalue weighted by molar-refractivity contribution is -0.0418. The first-order chi connectivity index (χ1) is 27.0. The molecular weight excluding hydrogens is 784 g/mol. The Hall–Kier alpha value is -4.60. The number of halogens is 2. The molecule has 0 saturated heterocycles. The van der Waals surface area contributed by atoms with Crippen LogP contribution in [0.3, 0.4) is 0 Å². The largest absolute Gasteiger partial charge is 0.457 e. The van der Waals surface area contributed by atoms with Crippen LogP contribution in [-0.4, -0.2) is 16.8 Å². The third kappa shape index (κ3) is 6.70. The van der Waals surface area contributed by atoms with Gasteiger partial charge in [0.1, 0.15) is 23.0 Å². The molecule has 4 saturated carbocycles. The van der Waals surface area contributed by atoms with Gasteiger partial charge in [0.25, 0.3) is 0 Å². The van der Waals surface area contributed by atoms with Crippen molar-refractivity contribution in [2.45, 2.75) is 57.1 Å². The van der Waals surface area contributed by atoms with Gasteiger partial charge in [-0.2, -0.15) is 0 Å². The molecule has 0 atom stereocenters. The van der Waals surface area contributed by atoms with Gasteiger partial charge in [0, 0.05) is 15.5 Å². The van der Waals surface area contributed by atoms with E-state index in [2.05, 4.69) is 24.3 Å². The molecule has 0 N–H and O–H groups in total. The molecule has 0 amide bonds. The minimum Gasteiger partial charge on any atom is -0.457 e. The van der Waals surface area contributed by atoms with Gasteiger partial charge in [-0.3, -0.25) is 0 Å². The minimum absolute atomic E-state index is 0.139. The maximum absolute atomic E-state index is 13.1. The second-order valence-corrected chi connectivity index (χ2v) is 20.1. The lowest BCUT2D eigenvalue weighted by Crippen LogP contribution is -2.56. The average molecular weight is 822 g/mol. The Morgan fingerprint density at radius 2 is 0.661 bits per heavy atom. The smallest absolute Gasteiger partial charge is 0.206 e. The van der Waals surface area contributed by atoms with E-state index < -0.39 is 19.7 Å². The molecule has 10 heteroatoms. The van der Waals surface area contributed by atoms with Crippen molar-refractivity contribution >= 4 is 42.9 Å². The van der Waals surface area contributed by atoms with Gasteiger partial charge in [0.2, 0.25) is 19.7 Å². The fourth-order valence-corrected chi connectivity index (χ4v) is 12.6. The molecule has 4 bridgehead atoms. The number of rotatable bonds is 10. The topological polar surface area (TPSA) is 86.7 Å². The van der Waals surface area contributed by atoms with Gasteiger partial charge >= 0.3 is 0 Å². The molecular formula is C46H38Cl2O6S2. The molecule has 4 aliphatic rings. The molecule has 0 radical (unpaired) electrons. The van der Waals surface area contributed by atoms with Crippen molar-refractivity contribution in [2.75, 3.05) is 0 Å². The molecule has 4 fully saturated rings. The normalized spacial score (nSPS) is 21.1. The molecule has 6 nitrogen and oxygen atoms in total. The van der Waals surface area contributed by atoms with E-state index in [0.29, 0.717) is 44.9 Å². The first-order valence-electron chi connectivity index (χ1n) is 18.8. The predicted molar refractivity (Wildman–Crippen MR) is 218 cm³/mol. The van der Waals surface area contributed by atoms with Gasteiger partial charge in [-0.1, -0.05) is 47.5 Å². The van der Waals surface area contributed by atoms with Gasteiger partial charge in [0.05, 0.1) is 19.6 Å². The van der Waals surface area contributed by atoms with Crippen molar-refractivity contribution in [2.24, 2.45) is 23.7 Å². The van der Waals surface area contributed by atoms with Crippen LogP contribution in [-0.2, 0) is 25.1 Å². The number of ether oxygens (including phenoxy) is 2. The average Bonchev–Trinajstić information content (AvgIpc) is 3.20. The maximum Gasteiger partial charge on any atom is 0.206 e. The fraction of sp³-hybridized carbons (Fsp3) is 0.217. The van der Waals surface area contributed by atoms with Crippen molar-refractivity contribution in [3.63, 3.8) is 0 Å². The van der Waals surface area contributed by atoms with E-state index in [0.717, 1.165) is 11.8 Å². The van der Waals surface area contributed by atoms with E-state index in [1.165, 1.54) is 67.5 Å². The monoisotopic (exact) mass is 820 g/mol. The highest BCUT2D eigenvalue weighted by molar-refractivity contribution is 7.91. The fourth-order valence-electron chi connectivity index (χ4n) is 9.78. The van der Waals surface area contributed by atoms with Crippen LogP contribution >= 0.6 is 23.2 Å². The Bertz CT molecular complexity index is 2400. The summed E-state index contributed by atoms with van der Waals surface area (Å²) in [6, 6.07) is 42.2. The summed E-state index contributed by atoms with van der Waals surface area (Å²) >= 11 is 11.9. The van der Waals surface area contributed by atoms with Crippen molar-refractivity contribution < 1.29 is 26.3 Å². The van der Waals surface area contributed by atoms with Crippen LogP contribution in [0.25, 0.3) is 0 Å². The maximum atomic E-state index is 13.1. The number of sulfone groups is 2. The van der Waals surface area contributed by atoms with Gasteiger partial charge in [-0.25, -0.2) is 16.8 Å². The summed E-state index contributed by atoms with van der Waals surface area (Å²) in [6.45, 7) is 0. The Kier molecular flexibility index (Phi) is 9.52. The van der Waals surface area contributed by atoms with Crippen LogP contribution in [0.5, 0.6) is 23.0 Å². The van der Waals surface area contributed by atoms with Gasteiger partial charge in [-0.15, -0.1) is 0 Å². The van der Waals surface area contributed by atoms with Crippen molar-refractivity contribution in [1.29, 1.82) is 0 Å². The standard InChI is InChI=1S/C46H38Cl2O6S2/c47-36-5-17-42(18-6-36)55(49,50)44-21-13-40(14-22-44)53-38-9-1-32(2-10-38)46(34-26-30-25-31(28-34)29-35(46)27-30)33-3-11-39(12-4-33)54-41-15-23-45(24-16-41)56(51,52)43-19-7-37(48)8-20-43/h1-24,30-31,34-35H,25-29H2. The summed E-state index contributed by atoms with van der Waals surface area (Å²) in [5.74, 6) is 5.08. The molecule has 0 unspecified atom stereocenters. The third-order valence-electron chi connectivity index (χ3n) is 12.1. The second-order valence-electron chi connectivity index (χ2n) is 15.3. The zero-order chi connectivity index (χ0) is 38.7. The van der Waals surface area contributed by atoms with E-state index in [4.69, 9.17) is 32.7 Å². The van der Waals surface area contributed by atoms with E-state index >= 15 is 0 Å². The predicted octanol–water partition coefficient (Wildman–Crippen LogP) is 12.0. The van der Waals surface area contributed by atoms with E-state index in [1.807, 2.05) is 24.3 Å². The highest BCUT2D eigenvalue weighted by Gasteiger charge is 2.58. The summed E-state index contributed by atoms with van der Waals surface area (Å²) in [6.07, 6.45) is 6.24. The summed E-state index contributed by atoms with van der Waals surface area (Å²) in [4.78, 5) is 0.730. The highest BCUT2D eigenvalue weighted by Crippen LogP contribution is 2.65. The number of hydrogen-bond acceptors (Lipinski definition) is 6. The van der Waals surface area contributed by atoms with Crippen LogP contribution in [0, 0.1) is 23.7 Å². The quantitative estimate of drug-likeness (QED) is 0.137. The first-order valence-corrected chi connectivity index (χ1v) is 22.5. The van der Waals surface area contributed by atoms with Crippen molar-refractivity contribution in [3.8, 4) is 23.0 Å². The Morgan fingerprint density at radius 3 is 0.964 bits per heavy atom. The Morgan fingerprint density at radius 1 is 0.393 bits per heavy atom. The molecule has 0 spiro atoms. The SMILES string of the molecule is O=S(=O)(c1ccc(Cl)cc1)c1ccc(Oc2ccc(C3(c4ccc(Oc5ccc(S(=O)(=O)c6ccc(Cl)cc6)cc5)cc4)C4CC5CC(C4)CC3C5)cc2)cc1. The lowest BCUT2D eigenvalue weighted by Gasteiger charge is -2.62. The molecule has 6 aromatic carbocycles. The Balaban J connectivity index is 0.947. The van der Waals surface area contributed by atoms with Crippen molar-refractivity contribution in [3.05, 3.63) is 167 Å². The Labute approximate surface area is 337 Å². The number of hydrogen-bond donors (Lipinski definition) is 0. The van der Waals surface area contributed by atoms with E-state index in [-0.39, 0.29) is 25.0 Å². The van der Waals surface area contributed by atoms with Crippen LogP contribution in [0.2, 0.25) is 10.0 Å². The molecule has 4 aliphatic carbocycles. The molecule has 0 aromatic heterocycles. The van der Waals surface area contributed by atoms with E-state index in [1.54, 1.807) is 72.8 Å². The second kappa shape index (κ2) is 14.4. The third-order valence-corrected chi connectivity index (χ3v) is 16.2. The van der Waals surface area contributed by atoms with Gasteiger partial charge in [-0.05, 0) is 188 Å². The first kappa shape index (κ1) is 37.0. The molecule has 10 rings (SSSR count). The van der Waals surface area contributed by atoms with Crippen LogP contribution in [0.15, 0.2) is 165 Å². The molecule has 56 heavy (non-hydrogen) atoms. The summed E-state index contributed by atoms with van der Waals surface area (Å²) < 4.78 is 65.0. The number of benzene rings is 6. The molecule has 0 aliphatic heterocycles. The lowest BCUT2D eigenvalue weighted by atomic mass is 9.42. The highest BCUT2D eigenvalue weighted by atomic mass is 35.5. The zero-order valence-electron chi connectivity index (χ0n) is 30.2. The summed E-state index contributed by atoms with van der Waals surface area (Å²) in [5.41, 5.74) is 2.43. The van der Waals surface area contributed by atoms with E-state index in [9.17, 15) is 16.8 Å².